The Morgan fingerprint density at radius 1 is 0.821 bits per heavy atom. The fourth-order valence-corrected chi connectivity index (χ4v) is 3.26. The zero-order chi connectivity index (χ0) is 30.3. The first-order chi connectivity index (χ1) is 18.1. The standard InChI is InChI=1S/C23H40N6O10/c1-11(2)8-15(21(37)26-13(9-30)4-6-17(25)33)27-23(39)19(12(3)32)29-22(38)16(10-31)28-20(36)14(24)5-7-18(34)35/h9,11-16,19,31-32H,4-8,10,24H2,1-3H3,(H2,25,33)(H,26,37)(H,27,39)(H,28,36)(H,29,38)(H,34,35)/t12-,13+,14+,15+,16+,19+/m1/s1. The summed E-state index contributed by atoms with van der Waals surface area (Å²) in [5.41, 5.74) is 10.7. The van der Waals surface area contributed by atoms with Gasteiger partial charge in [-0.15, -0.1) is 0 Å². The number of carboxylic acid groups (broad SMARTS) is 1. The van der Waals surface area contributed by atoms with Gasteiger partial charge in [-0.05, 0) is 32.1 Å². The summed E-state index contributed by atoms with van der Waals surface area (Å²) in [5.74, 6) is -5.66. The van der Waals surface area contributed by atoms with Gasteiger partial charge < -0.3 is 52.8 Å². The maximum atomic E-state index is 13.0. The van der Waals surface area contributed by atoms with Gasteiger partial charge in [0.15, 0.2) is 0 Å². The second kappa shape index (κ2) is 17.8. The van der Waals surface area contributed by atoms with Gasteiger partial charge in [-0.25, -0.2) is 0 Å². The number of amides is 5. The van der Waals surface area contributed by atoms with Crippen LogP contribution in [-0.4, -0.2) is 100 Å². The van der Waals surface area contributed by atoms with Crippen LogP contribution < -0.4 is 32.7 Å². The van der Waals surface area contributed by atoms with Crippen molar-refractivity contribution in [1.82, 2.24) is 21.3 Å². The van der Waals surface area contributed by atoms with Crippen molar-refractivity contribution in [2.45, 2.75) is 89.2 Å². The van der Waals surface area contributed by atoms with Gasteiger partial charge in [0.1, 0.15) is 24.4 Å². The molecule has 0 unspecified atom stereocenters. The largest absolute Gasteiger partial charge is 0.481 e. The van der Waals surface area contributed by atoms with E-state index >= 15 is 0 Å². The molecule has 16 nitrogen and oxygen atoms in total. The number of nitrogens with one attached hydrogen (secondary N) is 4. The predicted molar refractivity (Wildman–Crippen MR) is 135 cm³/mol. The van der Waals surface area contributed by atoms with Crippen molar-refractivity contribution in [3.8, 4) is 0 Å². The second-order valence-corrected chi connectivity index (χ2v) is 9.46. The summed E-state index contributed by atoms with van der Waals surface area (Å²) in [6.07, 6.45) is -1.79. The molecule has 0 heterocycles. The maximum absolute atomic E-state index is 13.0. The van der Waals surface area contributed by atoms with Crippen molar-refractivity contribution in [3.05, 3.63) is 0 Å². The van der Waals surface area contributed by atoms with Crippen LogP contribution >= 0.6 is 0 Å². The number of rotatable bonds is 19. The quantitative estimate of drug-likeness (QED) is 0.0686. The summed E-state index contributed by atoms with van der Waals surface area (Å²) in [5, 5.41) is 37.5. The highest BCUT2D eigenvalue weighted by atomic mass is 16.4. The number of aldehydes is 1. The Labute approximate surface area is 225 Å². The molecular formula is C23H40N6O10. The first-order valence-corrected chi connectivity index (χ1v) is 12.3. The summed E-state index contributed by atoms with van der Waals surface area (Å²) < 4.78 is 0. The summed E-state index contributed by atoms with van der Waals surface area (Å²) in [7, 11) is 0. The smallest absolute Gasteiger partial charge is 0.303 e. The molecule has 0 aromatic carbocycles. The van der Waals surface area contributed by atoms with Crippen molar-refractivity contribution in [3.63, 3.8) is 0 Å². The lowest BCUT2D eigenvalue weighted by atomic mass is 10.0. The minimum absolute atomic E-state index is 0.0481. The number of primary amides is 1. The maximum Gasteiger partial charge on any atom is 0.303 e. The van der Waals surface area contributed by atoms with Crippen molar-refractivity contribution in [2.75, 3.05) is 6.61 Å². The molecule has 0 aliphatic heterocycles. The molecule has 0 saturated carbocycles. The van der Waals surface area contributed by atoms with E-state index in [0.29, 0.717) is 6.29 Å². The van der Waals surface area contributed by atoms with Crippen LogP contribution in [0.1, 0.15) is 52.9 Å². The lowest BCUT2D eigenvalue weighted by Gasteiger charge is -2.27. The number of hydrogen-bond acceptors (Lipinski definition) is 10. The average molecular weight is 561 g/mol. The number of aliphatic hydroxyl groups is 2. The van der Waals surface area contributed by atoms with E-state index in [4.69, 9.17) is 16.6 Å². The number of carboxylic acids is 1. The van der Waals surface area contributed by atoms with E-state index in [1.165, 1.54) is 6.92 Å². The Morgan fingerprint density at radius 2 is 1.38 bits per heavy atom. The Kier molecular flexibility index (Phi) is 16.1. The van der Waals surface area contributed by atoms with Crippen LogP contribution in [0.15, 0.2) is 0 Å². The third-order valence-electron chi connectivity index (χ3n) is 5.42. The van der Waals surface area contributed by atoms with Crippen LogP contribution in [0.5, 0.6) is 0 Å². The van der Waals surface area contributed by atoms with Crippen molar-refractivity contribution < 1.29 is 48.9 Å². The molecule has 16 heteroatoms. The predicted octanol–water partition coefficient (Wildman–Crippen LogP) is -4.00. The van der Waals surface area contributed by atoms with Gasteiger partial charge in [0.25, 0.3) is 0 Å². The van der Waals surface area contributed by atoms with E-state index in [2.05, 4.69) is 21.3 Å². The van der Waals surface area contributed by atoms with Crippen LogP contribution in [0.2, 0.25) is 0 Å². The van der Waals surface area contributed by atoms with Crippen LogP contribution in [0.4, 0.5) is 0 Å². The van der Waals surface area contributed by atoms with Gasteiger partial charge in [-0.1, -0.05) is 13.8 Å². The first-order valence-electron chi connectivity index (χ1n) is 12.3. The third kappa shape index (κ3) is 14.2. The zero-order valence-electron chi connectivity index (χ0n) is 22.2. The molecule has 0 fully saturated rings. The summed E-state index contributed by atoms with van der Waals surface area (Å²) in [4.78, 5) is 83.5. The molecule has 0 rings (SSSR count). The molecule has 6 atom stereocenters. The highest BCUT2D eigenvalue weighted by molar-refractivity contribution is 5.95. The average Bonchev–Trinajstić information content (AvgIpc) is 2.84. The van der Waals surface area contributed by atoms with Gasteiger partial charge in [0.2, 0.25) is 29.5 Å². The molecule has 0 aliphatic carbocycles. The topological polar surface area (TPSA) is 280 Å². The minimum Gasteiger partial charge on any atom is -0.481 e. The second-order valence-electron chi connectivity index (χ2n) is 9.46. The first kappa shape index (κ1) is 35.4. The SMILES string of the molecule is CC(C)C[C@H](NC(=O)[C@@H](NC(=O)[C@H](CO)NC(=O)[C@@H](N)CCC(=O)O)[C@@H](C)O)C(=O)N[C@H](C=O)CCC(N)=O. The van der Waals surface area contributed by atoms with Gasteiger partial charge in [-0.2, -0.15) is 0 Å². The lowest BCUT2D eigenvalue weighted by molar-refractivity contribution is -0.138. The van der Waals surface area contributed by atoms with E-state index in [9.17, 15) is 43.8 Å². The Balaban J connectivity index is 5.47. The van der Waals surface area contributed by atoms with Crippen LogP contribution in [0, 0.1) is 5.92 Å². The number of hydrogen-bond donors (Lipinski definition) is 9. The molecule has 0 aromatic heterocycles. The summed E-state index contributed by atoms with van der Waals surface area (Å²) >= 11 is 0. The molecule has 5 amide bonds. The molecule has 222 valence electrons. The highest BCUT2D eigenvalue weighted by Crippen LogP contribution is 2.08. The van der Waals surface area contributed by atoms with Crippen molar-refractivity contribution in [1.29, 1.82) is 0 Å². The third-order valence-corrected chi connectivity index (χ3v) is 5.42. The van der Waals surface area contributed by atoms with E-state index in [0.717, 1.165) is 0 Å². The number of nitrogens with two attached hydrogens (primary N) is 2. The molecule has 0 saturated heterocycles. The highest BCUT2D eigenvalue weighted by Gasteiger charge is 2.33. The molecule has 39 heavy (non-hydrogen) atoms. The van der Waals surface area contributed by atoms with Crippen LogP contribution in [0.3, 0.4) is 0 Å². The van der Waals surface area contributed by atoms with Gasteiger partial charge >= 0.3 is 5.97 Å². The minimum atomic E-state index is -1.62. The van der Waals surface area contributed by atoms with Gasteiger partial charge in [-0.3, -0.25) is 28.8 Å². The van der Waals surface area contributed by atoms with E-state index < -0.39 is 84.8 Å². The van der Waals surface area contributed by atoms with Crippen molar-refractivity contribution >= 4 is 41.8 Å². The molecule has 0 radical (unpaired) electrons. The molecule has 0 aromatic rings. The number of aliphatic hydroxyl groups excluding tert-OH is 2. The summed E-state index contributed by atoms with van der Waals surface area (Å²) in [6.45, 7) is 3.80. The normalized spacial score (nSPS) is 15.6. The molecular weight excluding hydrogens is 520 g/mol. The lowest BCUT2D eigenvalue weighted by Crippen LogP contribution is -2.61. The molecule has 0 bridgehead atoms. The molecule has 0 spiro atoms. The van der Waals surface area contributed by atoms with Crippen molar-refractivity contribution in [2.24, 2.45) is 17.4 Å². The Bertz CT molecular complexity index is 881. The van der Waals surface area contributed by atoms with Crippen LogP contribution in [-0.2, 0) is 33.6 Å². The zero-order valence-corrected chi connectivity index (χ0v) is 22.2. The van der Waals surface area contributed by atoms with E-state index in [1.807, 2.05) is 0 Å². The van der Waals surface area contributed by atoms with Crippen LogP contribution in [0.25, 0.3) is 0 Å². The summed E-state index contributed by atoms with van der Waals surface area (Å²) in [6, 6.07) is -6.72. The molecule has 11 N–H and O–H groups in total. The molecule has 0 aliphatic rings. The van der Waals surface area contributed by atoms with E-state index in [1.54, 1.807) is 13.8 Å². The Hall–Kier alpha value is -3.63. The number of carbonyl (C=O) groups excluding carboxylic acids is 6. The van der Waals surface area contributed by atoms with E-state index in [-0.39, 0.29) is 31.6 Å². The Morgan fingerprint density at radius 3 is 1.85 bits per heavy atom. The van der Waals surface area contributed by atoms with Gasteiger partial charge in [0, 0.05) is 12.8 Å². The fourth-order valence-electron chi connectivity index (χ4n) is 3.26. The van der Waals surface area contributed by atoms with Gasteiger partial charge in [0.05, 0.1) is 24.8 Å². The number of aliphatic carboxylic acids is 1. The fraction of sp³-hybridized carbons (Fsp3) is 0.696. The monoisotopic (exact) mass is 560 g/mol. The number of carbonyl (C=O) groups is 7.